The van der Waals surface area contributed by atoms with Crippen molar-refractivity contribution in [2.75, 3.05) is 0 Å². The Kier molecular flexibility index (Phi) is 7.53. The molecule has 1 aromatic carbocycles. The van der Waals surface area contributed by atoms with E-state index in [1.807, 2.05) is 11.8 Å². The van der Waals surface area contributed by atoms with Crippen molar-refractivity contribution < 1.29 is 0 Å². The quantitative estimate of drug-likeness (QED) is 0.790. The Morgan fingerprint density at radius 1 is 0.750 bits per heavy atom. The van der Waals surface area contributed by atoms with Gasteiger partial charge in [-0.15, -0.1) is 11.8 Å². The number of hydrogen-bond acceptors (Lipinski definition) is 2. The summed E-state index contributed by atoms with van der Waals surface area (Å²) in [5.74, 6) is 0. The second kappa shape index (κ2) is 9.46. The maximum atomic E-state index is 6.49. The number of hydrogen-bond donors (Lipinski definition) is 1. The summed E-state index contributed by atoms with van der Waals surface area (Å²) >= 11 is 2.00. The number of nitrogens with two attached hydrogens (primary N) is 1. The summed E-state index contributed by atoms with van der Waals surface area (Å²) in [6.45, 7) is 0. The van der Waals surface area contributed by atoms with Crippen LogP contribution in [0.25, 0.3) is 0 Å². The molecule has 0 aliphatic heterocycles. The lowest BCUT2D eigenvalue weighted by Crippen LogP contribution is -2.32. The number of benzene rings is 1. The molecule has 112 valence electrons. The first-order chi connectivity index (χ1) is 9.86. The molecule has 2 rings (SSSR count). The molecule has 1 fully saturated rings. The molecule has 2 N–H and O–H groups in total. The van der Waals surface area contributed by atoms with Gasteiger partial charge < -0.3 is 5.73 Å². The summed E-state index contributed by atoms with van der Waals surface area (Å²) in [5.41, 5.74) is 6.49. The average molecular weight is 292 g/mol. The Labute approximate surface area is 128 Å². The van der Waals surface area contributed by atoms with E-state index in [2.05, 4.69) is 30.3 Å². The van der Waals surface area contributed by atoms with Crippen molar-refractivity contribution in [2.24, 2.45) is 5.73 Å². The second-order valence-electron chi connectivity index (χ2n) is 6.04. The SMILES string of the molecule is NC1CCCCCCCCCCC1Sc1ccccc1. The zero-order valence-electron chi connectivity index (χ0n) is 12.6. The van der Waals surface area contributed by atoms with Crippen molar-refractivity contribution in [2.45, 2.75) is 80.4 Å². The molecule has 0 aromatic heterocycles. The van der Waals surface area contributed by atoms with Gasteiger partial charge in [0, 0.05) is 16.2 Å². The fourth-order valence-electron chi connectivity index (χ4n) is 3.01. The molecule has 1 aliphatic rings. The molecule has 2 heteroatoms. The van der Waals surface area contributed by atoms with Crippen LogP contribution in [0, 0.1) is 0 Å². The lowest BCUT2D eigenvalue weighted by molar-refractivity contribution is 0.473. The normalized spacial score (nSPS) is 26.4. The van der Waals surface area contributed by atoms with E-state index in [-0.39, 0.29) is 0 Å². The van der Waals surface area contributed by atoms with Crippen molar-refractivity contribution in [1.82, 2.24) is 0 Å². The first-order valence-corrected chi connectivity index (χ1v) is 9.21. The topological polar surface area (TPSA) is 26.0 Å². The van der Waals surface area contributed by atoms with Crippen molar-refractivity contribution in [3.8, 4) is 0 Å². The standard InChI is InChI=1S/C18H29NS/c19-17-14-10-5-3-1-2-4-6-11-15-18(17)20-16-12-8-7-9-13-16/h7-9,12-13,17-18H,1-6,10-11,14-15,19H2. The summed E-state index contributed by atoms with van der Waals surface area (Å²) in [6, 6.07) is 11.1. The first kappa shape index (κ1) is 15.9. The van der Waals surface area contributed by atoms with E-state index in [9.17, 15) is 0 Å². The summed E-state index contributed by atoms with van der Waals surface area (Å²) < 4.78 is 0. The van der Waals surface area contributed by atoms with Crippen molar-refractivity contribution >= 4 is 11.8 Å². The van der Waals surface area contributed by atoms with Gasteiger partial charge in [-0.25, -0.2) is 0 Å². The minimum Gasteiger partial charge on any atom is -0.327 e. The molecule has 0 bridgehead atoms. The Balaban J connectivity index is 1.90. The minimum atomic E-state index is 0.361. The molecule has 1 aromatic rings. The van der Waals surface area contributed by atoms with Crippen molar-refractivity contribution in [3.63, 3.8) is 0 Å². The Morgan fingerprint density at radius 3 is 1.95 bits per heavy atom. The second-order valence-corrected chi connectivity index (χ2v) is 7.35. The van der Waals surface area contributed by atoms with Crippen LogP contribution in [0.1, 0.15) is 64.2 Å². The summed E-state index contributed by atoms with van der Waals surface area (Å²) in [5, 5.41) is 0.594. The van der Waals surface area contributed by atoms with Gasteiger partial charge in [-0.2, -0.15) is 0 Å². The lowest BCUT2D eigenvalue weighted by atomic mass is 9.98. The van der Waals surface area contributed by atoms with Gasteiger partial charge in [0.1, 0.15) is 0 Å². The van der Waals surface area contributed by atoms with Crippen LogP contribution in [0.3, 0.4) is 0 Å². The van der Waals surface area contributed by atoms with E-state index in [0.717, 1.165) is 0 Å². The smallest absolute Gasteiger partial charge is 0.0246 e. The van der Waals surface area contributed by atoms with Gasteiger partial charge in [-0.3, -0.25) is 0 Å². The van der Waals surface area contributed by atoms with E-state index in [4.69, 9.17) is 5.73 Å². The molecule has 0 amide bonds. The van der Waals surface area contributed by atoms with Gasteiger partial charge in [-0.1, -0.05) is 69.6 Å². The van der Waals surface area contributed by atoms with Crippen LogP contribution in [0.15, 0.2) is 35.2 Å². The van der Waals surface area contributed by atoms with Crippen LogP contribution in [-0.4, -0.2) is 11.3 Å². The van der Waals surface area contributed by atoms with Gasteiger partial charge in [0.25, 0.3) is 0 Å². The van der Waals surface area contributed by atoms with E-state index in [0.29, 0.717) is 11.3 Å². The highest BCUT2D eigenvalue weighted by molar-refractivity contribution is 8.00. The third kappa shape index (κ3) is 5.88. The number of rotatable bonds is 2. The first-order valence-electron chi connectivity index (χ1n) is 8.33. The molecule has 0 saturated heterocycles. The van der Waals surface area contributed by atoms with Gasteiger partial charge in [0.2, 0.25) is 0 Å². The molecule has 1 saturated carbocycles. The molecule has 0 radical (unpaired) electrons. The molecule has 1 aliphatic carbocycles. The Bertz CT molecular complexity index is 352. The fourth-order valence-corrected chi connectivity index (χ4v) is 4.27. The van der Waals surface area contributed by atoms with Crippen LogP contribution < -0.4 is 5.73 Å². The predicted molar refractivity (Wildman–Crippen MR) is 90.2 cm³/mol. The van der Waals surface area contributed by atoms with Crippen LogP contribution in [0.2, 0.25) is 0 Å². The summed E-state index contributed by atoms with van der Waals surface area (Å²) in [4.78, 5) is 1.38. The van der Waals surface area contributed by atoms with Crippen LogP contribution in [0.5, 0.6) is 0 Å². The van der Waals surface area contributed by atoms with E-state index in [1.54, 1.807) is 0 Å². The van der Waals surface area contributed by atoms with E-state index in [1.165, 1.54) is 69.1 Å². The van der Waals surface area contributed by atoms with Crippen molar-refractivity contribution in [3.05, 3.63) is 30.3 Å². The maximum absolute atomic E-state index is 6.49. The summed E-state index contributed by atoms with van der Waals surface area (Å²) in [6.07, 6.45) is 13.6. The van der Waals surface area contributed by atoms with Gasteiger partial charge in [-0.05, 0) is 25.0 Å². The third-order valence-corrected chi connectivity index (χ3v) is 5.72. The third-order valence-electron chi connectivity index (χ3n) is 4.28. The minimum absolute atomic E-state index is 0.361. The predicted octanol–water partition coefficient (Wildman–Crippen LogP) is 5.39. The van der Waals surface area contributed by atoms with Crippen molar-refractivity contribution in [1.29, 1.82) is 0 Å². The summed E-state index contributed by atoms with van der Waals surface area (Å²) in [7, 11) is 0. The van der Waals surface area contributed by atoms with Crippen LogP contribution >= 0.6 is 11.8 Å². The molecule has 20 heavy (non-hydrogen) atoms. The van der Waals surface area contributed by atoms with E-state index >= 15 is 0 Å². The highest BCUT2D eigenvalue weighted by Crippen LogP contribution is 2.30. The molecular formula is C18H29NS. The van der Waals surface area contributed by atoms with Crippen LogP contribution in [-0.2, 0) is 0 Å². The zero-order valence-corrected chi connectivity index (χ0v) is 13.4. The molecule has 0 heterocycles. The lowest BCUT2D eigenvalue weighted by Gasteiger charge is -2.24. The number of thioether (sulfide) groups is 1. The van der Waals surface area contributed by atoms with Gasteiger partial charge >= 0.3 is 0 Å². The van der Waals surface area contributed by atoms with E-state index < -0.39 is 0 Å². The van der Waals surface area contributed by atoms with Crippen LogP contribution in [0.4, 0.5) is 0 Å². The highest BCUT2D eigenvalue weighted by Gasteiger charge is 2.18. The van der Waals surface area contributed by atoms with Gasteiger partial charge in [0.05, 0.1) is 0 Å². The van der Waals surface area contributed by atoms with Gasteiger partial charge in [0.15, 0.2) is 0 Å². The molecular weight excluding hydrogens is 262 g/mol. The zero-order chi connectivity index (χ0) is 14.0. The molecule has 0 spiro atoms. The molecule has 2 unspecified atom stereocenters. The Morgan fingerprint density at radius 2 is 1.30 bits per heavy atom. The largest absolute Gasteiger partial charge is 0.327 e. The molecule has 1 nitrogen and oxygen atoms in total. The maximum Gasteiger partial charge on any atom is 0.0246 e. The Hall–Kier alpha value is -0.470. The molecule has 2 atom stereocenters. The average Bonchev–Trinajstić information content (AvgIpc) is 2.47. The monoisotopic (exact) mass is 291 g/mol. The fraction of sp³-hybridized carbons (Fsp3) is 0.667. The highest BCUT2D eigenvalue weighted by atomic mass is 32.2.